The molecule has 0 fully saturated rings. The minimum atomic E-state index is -1.32. The smallest absolute Gasteiger partial charge is 0.137 e. The summed E-state index contributed by atoms with van der Waals surface area (Å²) in [6.45, 7) is 4.69. The average Bonchev–Trinajstić information content (AvgIpc) is 2.34. The van der Waals surface area contributed by atoms with Gasteiger partial charge in [0.05, 0.1) is 8.07 Å². The molecular formula is C15H22OSi. The van der Waals surface area contributed by atoms with E-state index in [0.29, 0.717) is 12.2 Å². The fraction of sp³-hybridized carbons (Fsp3) is 0.533. The molecule has 0 amide bonds. The molecule has 1 nitrogen and oxygen atoms in total. The number of benzene rings is 1. The van der Waals surface area contributed by atoms with Crippen molar-refractivity contribution in [1.29, 1.82) is 0 Å². The van der Waals surface area contributed by atoms with Crippen molar-refractivity contribution in [3.05, 3.63) is 29.8 Å². The van der Waals surface area contributed by atoms with Crippen LogP contribution in [0.2, 0.25) is 18.1 Å². The minimum absolute atomic E-state index is 0.423. The van der Waals surface area contributed by atoms with Crippen LogP contribution in [0, 0.1) is 0 Å². The van der Waals surface area contributed by atoms with Crippen molar-refractivity contribution >= 4 is 19.0 Å². The molecule has 0 aromatic heterocycles. The van der Waals surface area contributed by atoms with E-state index in [1.165, 1.54) is 23.7 Å². The second-order valence-corrected chi connectivity index (χ2v) is 10.2. The number of hydrogen-bond acceptors (Lipinski definition) is 1. The van der Waals surface area contributed by atoms with Crippen molar-refractivity contribution in [3.63, 3.8) is 0 Å². The molecule has 0 bridgehead atoms. The first-order valence-electron chi connectivity index (χ1n) is 6.82. The third-order valence-corrected chi connectivity index (χ3v) is 10.1. The Balaban J connectivity index is 2.50. The molecule has 17 heavy (non-hydrogen) atoms. The first-order valence-corrected chi connectivity index (χ1v) is 9.44. The Morgan fingerprint density at radius 1 is 1.18 bits per heavy atom. The molecule has 1 aromatic carbocycles. The van der Waals surface area contributed by atoms with E-state index in [9.17, 15) is 4.79 Å². The summed E-state index contributed by atoms with van der Waals surface area (Å²) < 4.78 is 0. The van der Waals surface area contributed by atoms with Crippen LogP contribution in [0.25, 0.3) is 0 Å². The van der Waals surface area contributed by atoms with Crippen LogP contribution in [0.3, 0.4) is 0 Å². The van der Waals surface area contributed by atoms with Gasteiger partial charge in [-0.3, -0.25) is 4.79 Å². The summed E-state index contributed by atoms with van der Waals surface area (Å²) in [7, 11) is -1.32. The molecule has 0 saturated carbocycles. The Morgan fingerprint density at radius 3 is 2.59 bits per heavy atom. The quantitative estimate of drug-likeness (QED) is 0.732. The van der Waals surface area contributed by atoms with E-state index in [-0.39, 0.29) is 0 Å². The zero-order valence-electron chi connectivity index (χ0n) is 11.0. The highest BCUT2D eigenvalue weighted by molar-refractivity contribution is 6.92. The first-order chi connectivity index (χ1) is 8.22. The molecule has 0 N–H and O–H groups in total. The molecule has 2 rings (SSSR count). The van der Waals surface area contributed by atoms with Crippen molar-refractivity contribution in [2.45, 2.75) is 51.2 Å². The summed E-state index contributed by atoms with van der Waals surface area (Å²) in [6, 6.07) is 12.6. The summed E-state index contributed by atoms with van der Waals surface area (Å²) >= 11 is 0. The van der Waals surface area contributed by atoms with Gasteiger partial charge in [0, 0.05) is 12.8 Å². The van der Waals surface area contributed by atoms with Crippen LogP contribution in [0.5, 0.6) is 0 Å². The second kappa shape index (κ2) is 5.17. The van der Waals surface area contributed by atoms with Crippen molar-refractivity contribution in [2.75, 3.05) is 0 Å². The third kappa shape index (κ3) is 2.37. The SMILES string of the molecule is CC[Si]1(CC)CCCC(=O)Cc2ccccc21. The number of Topliss-reactive ketones (excluding diaryl/α,β-unsaturated/α-hetero) is 1. The number of carbonyl (C=O) groups excluding carboxylic acids is 1. The molecule has 0 aliphatic carbocycles. The fourth-order valence-electron chi connectivity index (χ4n) is 3.24. The van der Waals surface area contributed by atoms with E-state index in [2.05, 4.69) is 38.1 Å². The lowest BCUT2D eigenvalue weighted by molar-refractivity contribution is -0.118. The van der Waals surface area contributed by atoms with Gasteiger partial charge >= 0.3 is 0 Å². The zero-order valence-corrected chi connectivity index (χ0v) is 12.0. The van der Waals surface area contributed by atoms with E-state index in [0.717, 1.165) is 12.8 Å². The highest BCUT2D eigenvalue weighted by Crippen LogP contribution is 2.27. The van der Waals surface area contributed by atoms with Crippen molar-refractivity contribution in [3.8, 4) is 0 Å². The maximum absolute atomic E-state index is 11.8. The Hall–Kier alpha value is -0.893. The van der Waals surface area contributed by atoms with Gasteiger partial charge in [-0.2, -0.15) is 0 Å². The maximum atomic E-state index is 11.8. The van der Waals surface area contributed by atoms with Crippen LogP contribution < -0.4 is 5.19 Å². The number of hydrogen-bond donors (Lipinski definition) is 0. The van der Waals surface area contributed by atoms with E-state index >= 15 is 0 Å². The second-order valence-electron chi connectivity index (χ2n) is 5.21. The van der Waals surface area contributed by atoms with Gasteiger partial charge in [-0.15, -0.1) is 0 Å². The lowest BCUT2D eigenvalue weighted by Crippen LogP contribution is -2.49. The van der Waals surface area contributed by atoms with Crippen LogP contribution in [0.15, 0.2) is 24.3 Å². The van der Waals surface area contributed by atoms with Crippen molar-refractivity contribution in [2.24, 2.45) is 0 Å². The Bertz CT molecular complexity index is 407. The summed E-state index contributed by atoms with van der Waals surface area (Å²) in [5.74, 6) is 0.423. The molecule has 1 aliphatic rings. The van der Waals surface area contributed by atoms with Gasteiger partial charge in [0.15, 0.2) is 0 Å². The molecule has 0 atom stereocenters. The lowest BCUT2D eigenvalue weighted by atomic mass is 10.1. The van der Waals surface area contributed by atoms with E-state index in [4.69, 9.17) is 0 Å². The van der Waals surface area contributed by atoms with Crippen LogP contribution >= 0.6 is 0 Å². The molecule has 0 saturated heterocycles. The number of carbonyl (C=O) groups is 1. The third-order valence-electron chi connectivity index (χ3n) is 4.44. The van der Waals surface area contributed by atoms with Crippen LogP contribution in [0.4, 0.5) is 0 Å². The predicted molar refractivity (Wildman–Crippen MR) is 75.5 cm³/mol. The normalized spacial score (nSPS) is 19.3. The molecule has 0 radical (unpaired) electrons. The standard InChI is InChI=1S/C15H22OSi/c1-3-17(4-2)11-7-9-14(16)12-13-8-5-6-10-15(13)17/h5-6,8,10H,3-4,7,9,11-12H2,1-2H3. The summed E-state index contributed by atoms with van der Waals surface area (Å²) in [4.78, 5) is 11.8. The summed E-state index contributed by atoms with van der Waals surface area (Å²) in [5, 5.41) is 1.57. The lowest BCUT2D eigenvalue weighted by Gasteiger charge is -2.33. The highest BCUT2D eigenvalue weighted by atomic mass is 28.3. The summed E-state index contributed by atoms with van der Waals surface area (Å²) in [5.41, 5.74) is 1.33. The Morgan fingerprint density at radius 2 is 1.88 bits per heavy atom. The molecule has 0 unspecified atom stereocenters. The van der Waals surface area contributed by atoms with Gasteiger partial charge in [-0.25, -0.2) is 0 Å². The van der Waals surface area contributed by atoms with Crippen LogP contribution in [0.1, 0.15) is 32.3 Å². The number of ketones is 1. The van der Waals surface area contributed by atoms with Gasteiger partial charge in [0.25, 0.3) is 0 Å². The first kappa shape index (κ1) is 12.6. The minimum Gasteiger partial charge on any atom is -0.299 e. The van der Waals surface area contributed by atoms with E-state index in [1.54, 1.807) is 5.19 Å². The van der Waals surface area contributed by atoms with E-state index in [1.807, 2.05) is 0 Å². The number of rotatable bonds is 2. The topological polar surface area (TPSA) is 17.1 Å². The van der Waals surface area contributed by atoms with Gasteiger partial charge < -0.3 is 0 Å². The number of fused-ring (bicyclic) bond motifs is 1. The highest BCUT2D eigenvalue weighted by Gasteiger charge is 2.34. The average molecular weight is 246 g/mol. The van der Waals surface area contributed by atoms with Crippen LogP contribution in [-0.4, -0.2) is 13.9 Å². The van der Waals surface area contributed by atoms with Gasteiger partial charge in [0.1, 0.15) is 5.78 Å². The largest absolute Gasteiger partial charge is 0.299 e. The van der Waals surface area contributed by atoms with E-state index < -0.39 is 8.07 Å². The molecule has 1 aromatic rings. The predicted octanol–water partition coefficient (Wildman–Crippen LogP) is 3.29. The Labute approximate surface area is 105 Å². The monoisotopic (exact) mass is 246 g/mol. The van der Waals surface area contributed by atoms with Crippen LogP contribution in [-0.2, 0) is 11.2 Å². The van der Waals surface area contributed by atoms with Gasteiger partial charge in [-0.05, 0) is 12.0 Å². The molecule has 0 spiro atoms. The zero-order chi connectivity index (χ0) is 12.3. The van der Waals surface area contributed by atoms with Gasteiger partial charge in [-0.1, -0.05) is 61.4 Å². The van der Waals surface area contributed by atoms with Crippen molar-refractivity contribution < 1.29 is 4.79 Å². The van der Waals surface area contributed by atoms with Crippen molar-refractivity contribution in [1.82, 2.24) is 0 Å². The molecule has 1 aliphatic heterocycles. The molecule has 92 valence electrons. The fourth-order valence-corrected chi connectivity index (χ4v) is 7.63. The van der Waals surface area contributed by atoms with Gasteiger partial charge in [0.2, 0.25) is 0 Å². The molecule has 1 heterocycles. The molecule has 2 heteroatoms. The maximum Gasteiger partial charge on any atom is 0.137 e. The summed E-state index contributed by atoms with van der Waals surface area (Å²) in [6.07, 6.45) is 2.58. The molecular weight excluding hydrogens is 224 g/mol. The Kier molecular flexibility index (Phi) is 3.82.